The number of nitrogens with zero attached hydrogens (tertiary/aromatic N) is 2. The average molecular weight is 447 g/mol. The molecule has 2 aromatic heterocycles. The number of aliphatic carboxylic acids is 1. The number of carbonyl (C=O) groups excluding carboxylic acids is 1. The maximum absolute atomic E-state index is 12.5. The Morgan fingerprint density at radius 3 is 2.65 bits per heavy atom. The first-order valence-corrected chi connectivity index (χ1v) is 11.1. The molecule has 2 saturated heterocycles. The van der Waals surface area contributed by atoms with Crippen molar-refractivity contribution in [2.24, 2.45) is 5.41 Å². The molecular weight excluding hydrogens is 420 g/mol. The first kappa shape index (κ1) is 21.7. The fourth-order valence-corrected chi connectivity index (χ4v) is 4.76. The number of hydrogen-bond donors (Lipinski definition) is 3. The molecule has 4 heterocycles. The van der Waals surface area contributed by atoms with Gasteiger partial charge in [-0.2, -0.15) is 0 Å². The fraction of sp³-hybridized carbons (Fsp3) is 0.524. The standard InChI is InChI=1S/C21H26N4O5S/c1-21(2,9-17(27)28)8-16(26)23-13-10-29-19-14(11-30-18(13)19)25-20-22-6-5-12(24-20)15-4-3-7-31-15/h3-7,13-14,18-19H,8-11H2,1-2H3,(H,23,26)(H,27,28)(H,22,24,25). The zero-order valence-electron chi connectivity index (χ0n) is 17.4. The van der Waals surface area contributed by atoms with E-state index >= 15 is 0 Å². The van der Waals surface area contributed by atoms with Gasteiger partial charge in [0, 0.05) is 12.6 Å². The van der Waals surface area contributed by atoms with Crippen LogP contribution in [-0.2, 0) is 19.1 Å². The van der Waals surface area contributed by atoms with Crippen molar-refractivity contribution in [1.82, 2.24) is 15.3 Å². The van der Waals surface area contributed by atoms with Gasteiger partial charge in [-0.3, -0.25) is 9.59 Å². The Bertz CT molecular complexity index is 936. The predicted octanol–water partition coefficient (Wildman–Crippen LogP) is 2.16. The first-order valence-electron chi connectivity index (χ1n) is 10.2. The van der Waals surface area contributed by atoms with Crippen molar-refractivity contribution >= 4 is 29.2 Å². The van der Waals surface area contributed by atoms with Gasteiger partial charge in [-0.15, -0.1) is 11.3 Å². The second-order valence-corrected chi connectivity index (χ2v) is 9.62. The minimum atomic E-state index is -0.916. The van der Waals surface area contributed by atoms with Crippen molar-refractivity contribution in [3.8, 4) is 10.6 Å². The van der Waals surface area contributed by atoms with Crippen LogP contribution in [0.1, 0.15) is 26.7 Å². The molecule has 0 aromatic carbocycles. The lowest BCUT2D eigenvalue weighted by molar-refractivity contribution is -0.139. The number of fused-ring (bicyclic) bond motifs is 1. The van der Waals surface area contributed by atoms with Crippen LogP contribution in [0.5, 0.6) is 0 Å². The average Bonchev–Trinajstić information content (AvgIpc) is 3.41. The van der Waals surface area contributed by atoms with Gasteiger partial charge >= 0.3 is 5.97 Å². The third-order valence-corrected chi connectivity index (χ3v) is 6.30. The number of carbonyl (C=O) groups is 2. The van der Waals surface area contributed by atoms with E-state index in [0.717, 1.165) is 10.6 Å². The van der Waals surface area contributed by atoms with Crippen LogP contribution in [0.3, 0.4) is 0 Å². The summed E-state index contributed by atoms with van der Waals surface area (Å²) in [7, 11) is 0. The number of anilines is 1. The Morgan fingerprint density at radius 1 is 1.19 bits per heavy atom. The molecule has 3 N–H and O–H groups in total. The van der Waals surface area contributed by atoms with E-state index in [1.807, 2.05) is 23.6 Å². The number of aromatic nitrogens is 2. The van der Waals surface area contributed by atoms with Gasteiger partial charge in [-0.05, 0) is 22.9 Å². The number of thiophene rings is 1. The molecule has 2 aromatic rings. The fourth-order valence-electron chi connectivity index (χ4n) is 4.07. The number of amides is 1. The van der Waals surface area contributed by atoms with E-state index in [9.17, 15) is 9.59 Å². The van der Waals surface area contributed by atoms with E-state index < -0.39 is 11.4 Å². The summed E-state index contributed by atoms with van der Waals surface area (Å²) >= 11 is 1.62. The highest BCUT2D eigenvalue weighted by Gasteiger charge is 2.48. The lowest BCUT2D eigenvalue weighted by Crippen LogP contribution is -2.45. The molecule has 0 aliphatic carbocycles. The third-order valence-electron chi connectivity index (χ3n) is 5.41. The SMILES string of the molecule is CC(C)(CC(=O)O)CC(=O)NC1COC2C(Nc3nccc(-c4cccs4)n3)COC12. The van der Waals surface area contributed by atoms with E-state index in [2.05, 4.69) is 20.6 Å². The molecule has 4 atom stereocenters. The van der Waals surface area contributed by atoms with Gasteiger partial charge in [-0.25, -0.2) is 9.97 Å². The zero-order chi connectivity index (χ0) is 22.0. The summed E-state index contributed by atoms with van der Waals surface area (Å²) in [5, 5.41) is 17.3. The van der Waals surface area contributed by atoms with Crippen molar-refractivity contribution in [1.29, 1.82) is 0 Å². The highest BCUT2D eigenvalue weighted by Crippen LogP contribution is 2.30. The van der Waals surface area contributed by atoms with Crippen LogP contribution in [0.4, 0.5) is 5.95 Å². The smallest absolute Gasteiger partial charge is 0.303 e. The van der Waals surface area contributed by atoms with Crippen molar-refractivity contribution < 1.29 is 24.2 Å². The number of nitrogens with one attached hydrogen (secondary N) is 2. The highest BCUT2D eigenvalue weighted by atomic mass is 32.1. The van der Waals surface area contributed by atoms with E-state index in [0.29, 0.717) is 19.2 Å². The topological polar surface area (TPSA) is 123 Å². The lowest BCUT2D eigenvalue weighted by Gasteiger charge is -2.24. The van der Waals surface area contributed by atoms with Gasteiger partial charge in [0.1, 0.15) is 12.2 Å². The van der Waals surface area contributed by atoms with Gasteiger partial charge in [0.05, 0.1) is 42.3 Å². The Morgan fingerprint density at radius 2 is 1.94 bits per heavy atom. The molecule has 9 nitrogen and oxygen atoms in total. The summed E-state index contributed by atoms with van der Waals surface area (Å²) < 4.78 is 11.8. The van der Waals surface area contributed by atoms with Crippen molar-refractivity contribution in [3.63, 3.8) is 0 Å². The van der Waals surface area contributed by atoms with E-state index in [1.165, 1.54) is 0 Å². The molecule has 10 heteroatoms. The molecule has 4 rings (SSSR count). The Kier molecular flexibility index (Phi) is 6.22. The minimum absolute atomic E-state index is 0.0688. The number of rotatable bonds is 8. The minimum Gasteiger partial charge on any atom is -0.481 e. The van der Waals surface area contributed by atoms with Crippen LogP contribution in [-0.4, -0.2) is 64.5 Å². The van der Waals surface area contributed by atoms with Crippen molar-refractivity contribution in [2.75, 3.05) is 18.5 Å². The molecule has 4 unspecified atom stereocenters. The van der Waals surface area contributed by atoms with Gasteiger partial charge in [-0.1, -0.05) is 19.9 Å². The maximum Gasteiger partial charge on any atom is 0.303 e. The molecule has 1 amide bonds. The second kappa shape index (κ2) is 8.89. The number of carboxylic acids is 1. The zero-order valence-corrected chi connectivity index (χ0v) is 18.2. The van der Waals surface area contributed by atoms with Gasteiger partial charge in [0.2, 0.25) is 11.9 Å². The summed E-state index contributed by atoms with van der Waals surface area (Å²) in [6, 6.07) is 5.46. The quantitative estimate of drug-likeness (QED) is 0.564. The summed E-state index contributed by atoms with van der Waals surface area (Å²) in [5.41, 5.74) is 0.227. The monoisotopic (exact) mass is 446 g/mol. The summed E-state index contributed by atoms with van der Waals surface area (Å²) in [4.78, 5) is 33.4. The third kappa shape index (κ3) is 5.20. The van der Waals surface area contributed by atoms with Gasteiger partial charge < -0.3 is 25.2 Å². The van der Waals surface area contributed by atoms with Crippen LogP contribution in [0.15, 0.2) is 29.8 Å². The summed E-state index contributed by atoms with van der Waals surface area (Å²) in [5.74, 6) is -0.611. The van der Waals surface area contributed by atoms with Crippen molar-refractivity contribution in [2.45, 2.75) is 51.0 Å². The molecule has 0 radical (unpaired) electrons. The molecule has 0 bridgehead atoms. The van der Waals surface area contributed by atoms with Crippen molar-refractivity contribution in [3.05, 3.63) is 29.8 Å². The molecule has 31 heavy (non-hydrogen) atoms. The van der Waals surface area contributed by atoms with Crippen LogP contribution >= 0.6 is 11.3 Å². The number of carboxylic acid groups (broad SMARTS) is 1. The van der Waals surface area contributed by atoms with E-state index in [-0.39, 0.29) is 43.0 Å². The van der Waals surface area contributed by atoms with Crippen LogP contribution in [0.25, 0.3) is 10.6 Å². The Hall–Kier alpha value is -2.56. The molecule has 2 fully saturated rings. The normalized spacial score (nSPS) is 25.2. The Balaban J connectivity index is 1.34. The first-order chi connectivity index (χ1) is 14.8. The predicted molar refractivity (Wildman–Crippen MR) is 115 cm³/mol. The number of hydrogen-bond acceptors (Lipinski definition) is 8. The second-order valence-electron chi connectivity index (χ2n) is 8.68. The molecule has 2 aliphatic heterocycles. The van der Waals surface area contributed by atoms with E-state index in [1.54, 1.807) is 31.4 Å². The highest BCUT2D eigenvalue weighted by molar-refractivity contribution is 7.13. The maximum atomic E-state index is 12.5. The summed E-state index contributed by atoms with van der Waals surface area (Å²) in [6.07, 6.45) is 1.27. The van der Waals surface area contributed by atoms with Crippen LogP contribution in [0.2, 0.25) is 0 Å². The molecular formula is C21H26N4O5S. The Labute approximate surface area is 184 Å². The van der Waals surface area contributed by atoms with Gasteiger partial charge in [0.15, 0.2) is 0 Å². The molecule has 2 aliphatic rings. The summed E-state index contributed by atoms with van der Waals surface area (Å²) in [6.45, 7) is 4.30. The van der Waals surface area contributed by atoms with Crippen LogP contribution in [0, 0.1) is 5.41 Å². The molecule has 166 valence electrons. The lowest BCUT2D eigenvalue weighted by atomic mass is 9.85. The largest absolute Gasteiger partial charge is 0.481 e. The van der Waals surface area contributed by atoms with E-state index in [4.69, 9.17) is 14.6 Å². The number of ether oxygens (including phenoxy) is 2. The van der Waals surface area contributed by atoms with Crippen LogP contribution < -0.4 is 10.6 Å². The molecule has 0 saturated carbocycles. The molecule has 0 spiro atoms. The van der Waals surface area contributed by atoms with Gasteiger partial charge in [0.25, 0.3) is 0 Å².